The number of nitrogens with zero attached hydrogens (tertiary/aromatic N) is 1. The lowest BCUT2D eigenvalue weighted by molar-refractivity contribution is 0.215. The summed E-state index contributed by atoms with van der Waals surface area (Å²) >= 11 is 7.49. The molecule has 1 saturated heterocycles. The standard InChI is InChI=1S/C13H21BrN2S2/c1-3-15-12(7-11-6-10(14)8-18-11)13-9-17-5-4-16(13)2/h6,8,12-13,15H,3-5,7,9H2,1-2H3. The number of nitrogens with one attached hydrogen (secondary N) is 1. The van der Waals surface area contributed by atoms with E-state index in [9.17, 15) is 0 Å². The third-order valence-electron chi connectivity index (χ3n) is 3.42. The molecule has 1 aliphatic heterocycles. The van der Waals surface area contributed by atoms with Gasteiger partial charge in [-0.05, 0) is 42.0 Å². The van der Waals surface area contributed by atoms with Crippen molar-refractivity contribution in [2.75, 3.05) is 31.6 Å². The van der Waals surface area contributed by atoms with Gasteiger partial charge in [0.1, 0.15) is 0 Å². The zero-order valence-electron chi connectivity index (χ0n) is 11.0. The largest absolute Gasteiger partial charge is 0.312 e. The topological polar surface area (TPSA) is 15.3 Å². The van der Waals surface area contributed by atoms with Crippen molar-refractivity contribution in [1.82, 2.24) is 10.2 Å². The molecule has 1 aromatic rings. The summed E-state index contributed by atoms with van der Waals surface area (Å²) in [5, 5.41) is 5.86. The van der Waals surface area contributed by atoms with Crippen molar-refractivity contribution < 1.29 is 0 Å². The molecule has 2 heterocycles. The third-order valence-corrected chi connectivity index (χ3v) is 6.19. The van der Waals surface area contributed by atoms with E-state index in [2.05, 4.69) is 63.3 Å². The van der Waals surface area contributed by atoms with Crippen molar-refractivity contribution in [1.29, 1.82) is 0 Å². The molecule has 102 valence electrons. The maximum Gasteiger partial charge on any atom is 0.0340 e. The Morgan fingerprint density at radius 3 is 3.06 bits per heavy atom. The maximum atomic E-state index is 3.68. The molecule has 0 amide bonds. The molecule has 1 aromatic heterocycles. The predicted octanol–water partition coefficient (Wildman–Crippen LogP) is 3.08. The summed E-state index contributed by atoms with van der Waals surface area (Å²) < 4.78 is 1.21. The minimum atomic E-state index is 0.568. The molecule has 18 heavy (non-hydrogen) atoms. The number of halogens is 1. The van der Waals surface area contributed by atoms with Crippen molar-refractivity contribution in [3.8, 4) is 0 Å². The van der Waals surface area contributed by atoms with Crippen LogP contribution in [0.2, 0.25) is 0 Å². The Morgan fingerprint density at radius 2 is 2.44 bits per heavy atom. The number of rotatable bonds is 5. The van der Waals surface area contributed by atoms with Gasteiger partial charge < -0.3 is 10.2 Å². The lowest BCUT2D eigenvalue weighted by Crippen LogP contribution is -2.53. The molecule has 2 nitrogen and oxygen atoms in total. The van der Waals surface area contributed by atoms with Crippen molar-refractivity contribution in [3.05, 3.63) is 20.8 Å². The lowest BCUT2D eigenvalue weighted by atomic mass is 10.0. The fourth-order valence-electron chi connectivity index (χ4n) is 2.41. The highest BCUT2D eigenvalue weighted by atomic mass is 79.9. The Kier molecular flexibility index (Phi) is 6.01. The molecule has 0 radical (unpaired) electrons. The van der Waals surface area contributed by atoms with E-state index in [-0.39, 0.29) is 0 Å². The first kappa shape index (κ1) is 14.9. The molecule has 0 saturated carbocycles. The molecular weight excluding hydrogens is 328 g/mol. The summed E-state index contributed by atoms with van der Waals surface area (Å²) in [6.45, 7) is 4.46. The van der Waals surface area contributed by atoms with Crippen molar-refractivity contribution in [2.24, 2.45) is 0 Å². The highest BCUT2D eigenvalue weighted by molar-refractivity contribution is 9.10. The highest BCUT2D eigenvalue weighted by Crippen LogP contribution is 2.24. The average Bonchev–Trinajstić information content (AvgIpc) is 2.75. The van der Waals surface area contributed by atoms with Gasteiger partial charge in [0.25, 0.3) is 0 Å². The van der Waals surface area contributed by atoms with Crippen LogP contribution in [-0.2, 0) is 6.42 Å². The van der Waals surface area contributed by atoms with Crippen LogP contribution in [0.3, 0.4) is 0 Å². The first-order valence-electron chi connectivity index (χ1n) is 6.45. The van der Waals surface area contributed by atoms with E-state index in [1.54, 1.807) is 0 Å². The molecule has 1 fully saturated rings. The average molecular weight is 349 g/mol. The summed E-state index contributed by atoms with van der Waals surface area (Å²) in [4.78, 5) is 3.99. The molecule has 0 aromatic carbocycles. The lowest BCUT2D eigenvalue weighted by Gasteiger charge is -2.38. The smallest absolute Gasteiger partial charge is 0.0340 e. The zero-order valence-corrected chi connectivity index (χ0v) is 14.2. The molecule has 2 unspecified atom stereocenters. The Hall–Kier alpha value is 0.450. The van der Waals surface area contributed by atoms with Gasteiger partial charge in [-0.15, -0.1) is 11.3 Å². The number of hydrogen-bond acceptors (Lipinski definition) is 4. The summed E-state index contributed by atoms with van der Waals surface area (Å²) in [5.74, 6) is 2.52. The van der Waals surface area contributed by atoms with Gasteiger partial charge in [-0.25, -0.2) is 0 Å². The second kappa shape index (κ2) is 7.29. The molecule has 2 atom stereocenters. The van der Waals surface area contributed by atoms with E-state index < -0.39 is 0 Å². The van der Waals surface area contributed by atoms with E-state index in [0.29, 0.717) is 12.1 Å². The van der Waals surface area contributed by atoms with Gasteiger partial charge in [-0.2, -0.15) is 11.8 Å². The number of likely N-dealkylation sites (N-methyl/N-ethyl adjacent to an activating group) is 2. The molecule has 5 heteroatoms. The van der Waals surface area contributed by atoms with E-state index >= 15 is 0 Å². The Labute approximate surface area is 127 Å². The van der Waals surface area contributed by atoms with Crippen LogP contribution >= 0.6 is 39.0 Å². The van der Waals surface area contributed by atoms with Crippen LogP contribution in [0.15, 0.2) is 15.9 Å². The fourth-order valence-corrected chi connectivity index (χ4v) is 5.24. The Morgan fingerprint density at radius 1 is 1.61 bits per heavy atom. The molecule has 1 aliphatic rings. The summed E-state index contributed by atoms with van der Waals surface area (Å²) in [5.41, 5.74) is 0. The minimum Gasteiger partial charge on any atom is -0.312 e. The Bertz CT molecular complexity index is 370. The van der Waals surface area contributed by atoms with Gasteiger partial charge >= 0.3 is 0 Å². The Balaban J connectivity index is 2.02. The van der Waals surface area contributed by atoms with E-state index in [1.165, 1.54) is 27.4 Å². The molecule has 1 N–H and O–H groups in total. The molecule has 2 rings (SSSR count). The number of thioether (sulfide) groups is 1. The quantitative estimate of drug-likeness (QED) is 0.880. The second-order valence-corrected chi connectivity index (χ2v) is 7.78. The number of hydrogen-bond donors (Lipinski definition) is 1. The van der Waals surface area contributed by atoms with Crippen LogP contribution in [0.5, 0.6) is 0 Å². The normalized spacial score (nSPS) is 23.2. The van der Waals surface area contributed by atoms with Gasteiger partial charge in [-0.3, -0.25) is 0 Å². The SMILES string of the molecule is CCNC(Cc1cc(Br)cs1)C1CSCCN1C. The summed E-state index contributed by atoms with van der Waals surface area (Å²) in [7, 11) is 2.26. The minimum absolute atomic E-state index is 0.568. The molecule has 0 aliphatic carbocycles. The zero-order chi connectivity index (χ0) is 13.0. The third kappa shape index (κ3) is 3.97. The van der Waals surface area contributed by atoms with Crippen LogP contribution in [0, 0.1) is 0 Å². The van der Waals surface area contributed by atoms with E-state index in [0.717, 1.165) is 13.0 Å². The first-order chi connectivity index (χ1) is 8.70. The number of thiophene rings is 1. The van der Waals surface area contributed by atoms with E-state index in [1.807, 2.05) is 11.3 Å². The van der Waals surface area contributed by atoms with Crippen LogP contribution in [0.4, 0.5) is 0 Å². The van der Waals surface area contributed by atoms with Crippen molar-refractivity contribution in [2.45, 2.75) is 25.4 Å². The molecule has 0 bridgehead atoms. The molecular formula is C13H21BrN2S2. The van der Waals surface area contributed by atoms with Gasteiger partial charge in [0.15, 0.2) is 0 Å². The van der Waals surface area contributed by atoms with Crippen molar-refractivity contribution >= 4 is 39.0 Å². The monoisotopic (exact) mass is 348 g/mol. The maximum absolute atomic E-state index is 3.68. The first-order valence-corrected chi connectivity index (χ1v) is 9.27. The highest BCUT2D eigenvalue weighted by Gasteiger charge is 2.27. The van der Waals surface area contributed by atoms with Gasteiger partial charge in [0.2, 0.25) is 0 Å². The van der Waals surface area contributed by atoms with Crippen LogP contribution in [0.25, 0.3) is 0 Å². The van der Waals surface area contributed by atoms with E-state index in [4.69, 9.17) is 0 Å². The fraction of sp³-hybridized carbons (Fsp3) is 0.692. The van der Waals surface area contributed by atoms with Gasteiger partial charge in [0, 0.05) is 44.9 Å². The summed E-state index contributed by atoms with van der Waals surface area (Å²) in [6.07, 6.45) is 1.14. The predicted molar refractivity (Wildman–Crippen MR) is 86.9 cm³/mol. The summed E-state index contributed by atoms with van der Waals surface area (Å²) in [6, 6.07) is 3.48. The van der Waals surface area contributed by atoms with Crippen molar-refractivity contribution in [3.63, 3.8) is 0 Å². The second-order valence-electron chi connectivity index (χ2n) is 4.72. The van der Waals surface area contributed by atoms with Gasteiger partial charge in [-0.1, -0.05) is 6.92 Å². The van der Waals surface area contributed by atoms with Crippen LogP contribution < -0.4 is 5.32 Å². The van der Waals surface area contributed by atoms with Crippen LogP contribution in [-0.4, -0.2) is 48.6 Å². The molecule has 0 spiro atoms. The van der Waals surface area contributed by atoms with Gasteiger partial charge in [0.05, 0.1) is 0 Å². The van der Waals surface area contributed by atoms with Crippen LogP contribution in [0.1, 0.15) is 11.8 Å².